The molecule has 9 heteroatoms. The van der Waals surface area contributed by atoms with Gasteiger partial charge in [-0.2, -0.15) is 0 Å². The van der Waals surface area contributed by atoms with Crippen molar-refractivity contribution in [3.63, 3.8) is 0 Å². The van der Waals surface area contributed by atoms with Crippen molar-refractivity contribution in [1.82, 2.24) is 19.2 Å². The van der Waals surface area contributed by atoms with E-state index in [1.165, 1.54) is 11.3 Å². The molecular weight excluding hydrogens is 456 g/mol. The van der Waals surface area contributed by atoms with Crippen molar-refractivity contribution in [1.29, 1.82) is 0 Å². The normalized spacial score (nSPS) is 16.1. The Morgan fingerprint density at radius 3 is 2.69 bits per heavy atom. The number of fused-ring (bicyclic) bond motifs is 1. The van der Waals surface area contributed by atoms with Crippen LogP contribution in [-0.2, 0) is 11.3 Å². The second kappa shape index (κ2) is 8.64. The van der Waals surface area contributed by atoms with Gasteiger partial charge in [-0.15, -0.1) is 11.3 Å². The first kappa shape index (κ1) is 20.1. The third kappa shape index (κ3) is 4.68. The number of amides is 1. The monoisotopic (exact) mass is 476 g/mol. The van der Waals surface area contributed by atoms with Crippen LogP contribution in [0.5, 0.6) is 5.75 Å². The summed E-state index contributed by atoms with van der Waals surface area (Å²) in [6.07, 6.45) is 1.20. The number of hydrogen-bond acceptors (Lipinski definition) is 6. The van der Waals surface area contributed by atoms with E-state index in [2.05, 4.69) is 25.8 Å². The van der Waals surface area contributed by atoms with Crippen LogP contribution in [0, 0.1) is 0 Å². The van der Waals surface area contributed by atoms with Gasteiger partial charge in [-0.3, -0.25) is 18.9 Å². The van der Waals surface area contributed by atoms with Gasteiger partial charge in [0.2, 0.25) is 0 Å². The fourth-order valence-corrected chi connectivity index (χ4v) is 4.35. The number of halogens is 1. The highest BCUT2D eigenvalue weighted by Gasteiger charge is 2.26. The van der Waals surface area contributed by atoms with Crippen LogP contribution in [0.3, 0.4) is 0 Å². The molecule has 1 atom stereocenters. The smallest absolute Gasteiger partial charge is 0.263 e. The molecule has 0 spiro atoms. The summed E-state index contributed by atoms with van der Waals surface area (Å²) in [7, 11) is 0. The summed E-state index contributed by atoms with van der Waals surface area (Å²) in [6, 6.07) is 9.04. The van der Waals surface area contributed by atoms with Gasteiger partial charge in [0, 0.05) is 54.8 Å². The molecule has 3 heterocycles. The average Bonchev–Trinajstić information content (AvgIpc) is 3.19. The summed E-state index contributed by atoms with van der Waals surface area (Å²) in [5, 5.41) is 1.86. The van der Waals surface area contributed by atoms with E-state index in [-0.39, 0.29) is 11.5 Å². The van der Waals surface area contributed by atoms with Gasteiger partial charge in [0.15, 0.2) is 11.1 Å². The highest BCUT2D eigenvalue weighted by molar-refractivity contribution is 9.10. The molecule has 0 N–H and O–H groups in total. The standard InChI is InChI=1S/C20H21BrN4O3S/c1-14(28-17-4-2-15(21)3-5-17)19(27)24-8-6-23(7-9-24)13-16-12-18(26)25-10-11-29-20(25)22-16/h2-5,10-12,14H,6-9,13H2,1H3. The topological polar surface area (TPSA) is 67.2 Å². The van der Waals surface area contributed by atoms with Gasteiger partial charge in [0.25, 0.3) is 11.5 Å². The molecule has 0 saturated carbocycles. The zero-order chi connectivity index (χ0) is 20.4. The first-order valence-corrected chi connectivity index (χ1v) is 11.1. The third-order valence-electron chi connectivity index (χ3n) is 4.90. The Bertz CT molecular complexity index is 1060. The van der Waals surface area contributed by atoms with E-state index in [0.29, 0.717) is 30.3 Å². The Balaban J connectivity index is 1.31. The van der Waals surface area contributed by atoms with E-state index in [1.54, 1.807) is 23.6 Å². The van der Waals surface area contributed by atoms with Gasteiger partial charge in [0.1, 0.15) is 5.75 Å². The summed E-state index contributed by atoms with van der Waals surface area (Å²) < 4.78 is 8.30. The van der Waals surface area contributed by atoms with Gasteiger partial charge in [0.05, 0.1) is 5.69 Å². The van der Waals surface area contributed by atoms with Crippen LogP contribution in [0.15, 0.2) is 51.2 Å². The third-order valence-corrected chi connectivity index (χ3v) is 6.19. The molecule has 0 radical (unpaired) electrons. The maximum atomic E-state index is 12.7. The van der Waals surface area contributed by atoms with E-state index in [4.69, 9.17) is 4.74 Å². The second-order valence-corrected chi connectivity index (χ2v) is 8.75. The molecule has 1 aliphatic rings. The van der Waals surface area contributed by atoms with Crippen molar-refractivity contribution >= 4 is 38.1 Å². The van der Waals surface area contributed by atoms with E-state index < -0.39 is 6.10 Å². The molecule has 29 heavy (non-hydrogen) atoms. The summed E-state index contributed by atoms with van der Waals surface area (Å²) in [5.74, 6) is 0.665. The maximum absolute atomic E-state index is 12.7. The van der Waals surface area contributed by atoms with Crippen molar-refractivity contribution in [2.24, 2.45) is 0 Å². The zero-order valence-corrected chi connectivity index (χ0v) is 18.4. The van der Waals surface area contributed by atoms with Gasteiger partial charge in [-0.05, 0) is 31.2 Å². The van der Waals surface area contributed by atoms with Gasteiger partial charge in [-0.25, -0.2) is 4.98 Å². The van der Waals surface area contributed by atoms with Crippen LogP contribution in [-0.4, -0.2) is 57.4 Å². The quantitative estimate of drug-likeness (QED) is 0.566. The number of benzene rings is 1. The molecule has 0 bridgehead atoms. The summed E-state index contributed by atoms with van der Waals surface area (Å²) in [5.41, 5.74) is 0.711. The lowest BCUT2D eigenvalue weighted by molar-refractivity contribution is -0.139. The van der Waals surface area contributed by atoms with E-state index in [9.17, 15) is 9.59 Å². The lowest BCUT2D eigenvalue weighted by Crippen LogP contribution is -2.51. The van der Waals surface area contributed by atoms with Crippen molar-refractivity contribution < 1.29 is 9.53 Å². The van der Waals surface area contributed by atoms with Gasteiger partial charge >= 0.3 is 0 Å². The fraction of sp³-hybridized carbons (Fsp3) is 0.350. The Morgan fingerprint density at radius 2 is 1.97 bits per heavy atom. The maximum Gasteiger partial charge on any atom is 0.263 e. The first-order valence-electron chi connectivity index (χ1n) is 9.39. The molecule has 1 unspecified atom stereocenters. The van der Waals surface area contributed by atoms with Crippen LogP contribution in [0.1, 0.15) is 12.6 Å². The lowest BCUT2D eigenvalue weighted by atomic mass is 10.2. The van der Waals surface area contributed by atoms with Crippen LogP contribution in [0.25, 0.3) is 4.96 Å². The summed E-state index contributed by atoms with van der Waals surface area (Å²) in [4.78, 5) is 34.2. The molecule has 2 aromatic heterocycles. The predicted molar refractivity (Wildman–Crippen MR) is 115 cm³/mol. The van der Waals surface area contributed by atoms with E-state index >= 15 is 0 Å². The second-order valence-electron chi connectivity index (χ2n) is 6.96. The Labute approximate surface area is 180 Å². The largest absolute Gasteiger partial charge is 0.481 e. The number of carbonyl (C=O) groups is 1. The highest BCUT2D eigenvalue weighted by Crippen LogP contribution is 2.18. The summed E-state index contributed by atoms with van der Waals surface area (Å²) >= 11 is 4.84. The molecule has 0 aliphatic carbocycles. The SMILES string of the molecule is CC(Oc1ccc(Br)cc1)C(=O)N1CCN(Cc2cc(=O)n3ccsc3n2)CC1. The molecule has 7 nitrogen and oxygen atoms in total. The fourth-order valence-electron chi connectivity index (χ4n) is 3.35. The molecule has 4 rings (SSSR count). The minimum atomic E-state index is -0.536. The average molecular weight is 477 g/mol. The number of thiazole rings is 1. The van der Waals surface area contributed by atoms with Gasteiger partial charge in [-0.1, -0.05) is 15.9 Å². The number of nitrogens with zero attached hydrogens (tertiary/aromatic N) is 4. The molecular formula is C20H21BrN4O3S. The Hall–Kier alpha value is -2.23. The number of hydrogen-bond donors (Lipinski definition) is 0. The number of aromatic nitrogens is 2. The van der Waals surface area contributed by atoms with E-state index in [0.717, 1.165) is 23.3 Å². The molecule has 1 amide bonds. The number of rotatable bonds is 5. The first-order chi connectivity index (χ1) is 14.0. The molecule has 3 aromatic rings. The van der Waals surface area contributed by atoms with Crippen LogP contribution in [0.2, 0.25) is 0 Å². The number of carbonyl (C=O) groups excluding carboxylic acids is 1. The lowest BCUT2D eigenvalue weighted by Gasteiger charge is -2.35. The number of ether oxygens (including phenoxy) is 1. The zero-order valence-electron chi connectivity index (χ0n) is 16.0. The van der Waals surface area contributed by atoms with Crippen molar-refractivity contribution in [3.8, 4) is 5.75 Å². The minimum Gasteiger partial charge on any atom is -0.481 e. The van der Waals surface area contributed by atoms with Crippen molar-refractivity contribution in [2.45, 2.75) is 19.6 Å². The minimum absolute atomic E-state index is 0.0102. The van der Waals surface area contributed by atoms with Crippen LogP contribution < -0.4 is 10.3 Å². The van der Waals surface area contributed by atoms with Crippen molar-refractivity contribution in [3.05, 3.63) is 62.4 Å². The van der Waals surface area contributed by atoms with Crippen molar-refractivity contribution in [2.75, 3.05) is 26.2 Å². The van der Waals surface area contributed by atoms with Crippen LogP contribution >= 0.6 is 27.3 Å². The molecule has 1 fully saturated rings. The Morgan fingerprint density at radius 1 is 1.24 bits per heavy atom. The Kier molecular flexibility index (Phi) is 5.98. The molecule has 1 aliphatic heterocycles. The highest BCUT2D eigenvalue weighted by atomic mass is 79.9. The predicted octanol–water partition coefficient (Wildman–Crippen LogP) is 2.63. The molecule has 1 aromatic carbocycles. The van der Waals surface area contributed by atoms with Crippen LogP contribution in [0.4, 0.5) is 0 Å². The van der Waals surface area contributed by atoms with Gasteiger partial charge < -0.3 is 9.64 Å². The van der Waals surface area contributed by atoms with E-state index in [1.807, 2.05) is 34.5 Å². The summed E-state index contributed by atoms with van der Waals surface area (Å²) in [6.45, 7) is 5.13. The molecule has 1 saturated heterocycles. The number of piperazine rings is 1. The molecule has 152 valence electrons.